The molecule has 0 saturated carbocycles. The Balaban J connectivity index is 1.72. The first-order chi connectivity index (χ1) is 9.25. The molecule has 0 spiro atoms. The molecule has 4 heteroatoms. The Morgan fingerprint density at radius 1 is 1.26 bits per heavy atom. The second-order valence-electron chi connectivity index (χ2n) is 5.02. The molecule has 0 aromatic heterocycles. The minimum atomic E-state index is -0.226. The van der Waals surface area contributed by atoms with Crippen molar-refractivity contribution in [1.82, 2.24) is 10.6 Å². The second kappa shape index (κ2) is 7.24. The second-order valence-corrected chi connectivity index (χ2v) is 5.02. The van der Waals surface area contributed by atoms with E-state index in [9.17, 15) is 9.18 Å². The van der Waals surface area contributed by atoms with Crippen molar-refractivity contribution in [1.29, 1.82) is 0 Å². The van der Waals surface area contributed by atoms with E-state index in [2.05, 4.69) is 10.6 Å². The molecule has 19 heavy (non-hydrogen) atoms. The van der Waals surface area contributed by atoms with Gasteiger partial charge >= 0.3 is 0 Å². The van der Waals surface area contributed by atoms with Crippen LogP contribution in [0.15, 0.2) is 24.3 Å². The quantitative estimate of drug-likeness (QED) is 0.873. The lowest BCUT2D eigenvalue weighted by molar-refractivity contribution is -0.123. The Morgan fingerprint density at radius 3 is 2.84 bits per heavy atom. The van der Waals surface area contributed by atoms with Crippen LogP contribution in [-0.4, -0.2) is 25.0 Å². The average molecular weight is 264 g/mol. The monoisotopic (exact) mass is 264 g/mol. The number of carbonyl (C=O) groups is 1. The summed E-state index contributed by atoms with van der Waals surface area (Å²) in [6, 6.07) is 6.36. The van der Waals surface area contributed by atoms with Crippen molar-refractivity contribution in [3.8, 4) is 0 Å². The average Bonchev–Trinajstić information content (AvgIpc) is 2.70. The largest absolute Gasteiger partial charge is 0.354 e. The van der Waals surface area contributed by atoms with Gasteiger partial charge in [-0.1, -0.05) is 25.0 Å². The van der Waals surface area contributed by atoms with Crippen LogP contribution in [0.25, 0.3) is 0 Å². The van der Waals surface area contributed by atoms with Crippen molar-refractivity contribution >= 4 is 5.91 Å². The van der Waals surface area contributed by atoms with Gasteiger partial charge in [-0.3, -0.25) is 4.79 Å². The topological polar surface area (TPSA) is 41.1 Å². The molecule has 1 saturated heterocycles. The molecule has 0 radical (unpaired) electrons. The summed E-state index contributed by atoms with van der Waals surface area (Å²) in [7, 11) is 0. The molecule has 0 bridgehead atoms. The minimum absolute atomic E-state index is 0.0456. The van der Waals surface area contributed by atoms with Crippen LogP contribution in [0.4, 0.5) is 4.39 Å². The molecule has 2 N–H and O–H groups in total. The summed E-state index contributed by atoms with van der Waals surface area (Å²) >= 11 is 0. The zero-order chi connectivity index (χ0) is 13.5. The van der Waals surface area contributed by atoms with E-state index in [4.69, 9.17) is 0 Å². The van der Waals surface area contributed by atoms with Crippen LogP contribution < -0.4 is 10.6 Å². The maximum Gasteiger partial charge on any atom is 0.237 e. The number of halogens is 1. The van der Waals surface area contributed by atoms with Crippen LogP contribution in [0.3, 0.4) is 0 Å². The SMILES string of the molecule is O=C(NCCc1ccc(F)cc1)C1CCCCCN1. The maximum atomic E-state index is 12.7. The Kier molecular flexibility index (Phi) is 5.33. The third kappa shape index (κ3) is 4.63. The van der Waals surface area contributed by atoms with Crippen molar-refractivity contribution in [3.63, 3.8) is 0 Å². The molecule has 1 atom stereocenters. The highest BCUT2D eigenvalue weighted by Gasteiger charge is 2.18. The molecule has 1 fully saturated rings. The van der Waals surface area contributed by atoms with Crippen LogP contribution in [-0.2, 0) is 11.2 Å². The summed E-state index contributed by atoms with van der Waals surface area (Å²) in [5.74, 6) is -0.139. The fourth-order valence-electron chi connectivity index (χ4n) is 2.36. The molecule has 1 heterocycles. The highest BCUT2D eigenvalue weighted by molar-refractivity contribution is 5.81. The van der Waals surface area contributed by atoms with Gasteiger partial charge in [0.1, 0.15) is 5.82 Å². The molecule has 3 nitrogen and oxygen atoms in total. The molecule has 1 aliphatic rings. The van der Waals surface area contributed by atoms with E-state index in [1.165, 1.54) is 18.6 Å². The van der Waals surface area contributed by atoms with E-state index in [0.717, 1.165) is 37.8 Å². The summed E-state index contributed by atoms with van der Waals surface area (Å²) in [5, 5.41) is 6.22. The smallest absolute Gasteiger partial charge is 0.237 e. The number of carbonyl (C=O) groups excluding carboxylic acids is 1. The number of hydrogen-bond acceptors (Lipinski definition) is 2. The molecule has 1 aliphatic heterocycles. The first-order valence-electron chi connectivity index (χ1n) is 7.01. The van der Waals surface area contributed by atoms with Crippen LogP contribution >= 0.6 is 0 Å². The summed E-state index contributed by atoms with van der Waals surface area (Å²) < 4.78 is 12.7. The van der Waals surface area contributed by atoms with Crippen molar-refractivity contribution in [2.45, 2.75) is 38.1 Å². The Labute approximate surface area is 113 Å². The summed E-state index contributed by atoms with van der Waals surface area (Å²) in [6.45, 7) is 1.53. The van der Waals surface area contributed by atoms with Crippen LogP contribution in [0.1, 0.15) is 31.2 Å². The van der Waals surface area contributed by atoms with E-state index in [-0.39, 0.29) is 17.8 Å². The molecular weight excluding hydrogens is 243 g/mol. The molecule has 1 unspecified atom stereocenters. The van der Waals surface area contributed by atoms with Crippen molar-refractivity contribution in [2.75, 3.05) is 13.1 Å². The predicted molar refractivity (Wildman–Crippen MR) is 73.4 cm³/mol. The van der Waals surface area contributed by atoms with Gasteiger partial charge in [0.15, 0.2) is 0 Å². The highest BCUT2D eigenvalue weighted by Crippen LogP contribution is 2.08. The first-order valence-corrected chi connectivity index (χ1v) is 7.01. The molecular formula is C15H21FN2O. The van der Waals surface area contributed by atoms with E-state index in [1.54, 1.807) is 12.1 Å². The van der Waals surface area contributed by atoms with Gasteiger partial charge in [-0.15, -0.1) is 0 Å². The molecule has 1 amide bonds. The summed E-state index contributed by atoms with van der Waals surface area (Å²) in [5.41, 5.74) is 1.04. The van der Waals surface area contributed by atoms with E-state index in [0.29, 0.717) is 6.54 Å². The lowest BCUT2D eigenvalue weighted by Gasteiger charge is -2.15. The lowest BCUT2D eigenvalue weighted by atomic mass is 10.1. The summed E-state index contributed by atoms with van der Waals surface area (Å²) in [4.78, 5) is 12.0. The number of rotatable bonds is 4. The number of benzene rings is 1. The highest BCUT2D eigenvalue weighted by atomic mass is 19.1. The predicted octanol–water partition coefficient (Wildman–Crippen LogP) is 2.02. The molecule has 104 valence electrons. The summed E-state index contributed by atoms with van der Waals surface area (Å²) in [6.07, 6.45) is 5.12. The fourth-order valence-corrected chi connectivity index (χ4v) is 2.36. The van der Waals surface area contributed by atoms with Gasteiger partial charge in [-0.05, 0) is 43.5 Å². The van der Waals surface area contributed by atoms with E-state index >= 15 is 0 Å². The number of nitrogens with one attached hydrogen (secondary N) is 2. The Hall–Kier alpha value is -1.42. The van der Waals surface area contributed by atoms with Crippen LogP contribution in [0.2, 0.25) is 0 Å². The normalized spacial score (nSPS) is 19.7. The van der Waals surface area contributed by atoms with Crippen molar-refractivity contribution in [3.05, 3.63) is 35.6 Å². The van der Waals surface area contributed by atoms with Crippen LogP contribution in [0, 0.1) is 5.82 Å². The number of hydrogen-bond donors (Lipinski definition) is 2. The van der Waals surface area contributed by atoms with Crippen molar-refractivity contribution < 1.29 is 9.18 Å². The van der Waals surface area contributed by atoms with Gasteiger partial charge < -0.3 is 10.6 Å². The third-order valence-corrected chi connectivity index (χ3v) is 3.50. The third-order valence-electron chi connectivity index (χ3n) is 3.50. The van der Waals surface area contributed by atoms with E-state index in [1.807, 2.05) is 0 Å². The molecule has 1 aromatic carbocycles. The van der Waals surface area contributed by atoms with Gasteiger partial charge in [-0.2, -0.15) is 0 Å². The lowest BCUT2D eigenvalue weighted by Crippen LogP contribution is -2.44. The zero-order valence-electron chi connectivity index (χ0n) is 11.1. The van der Waals surface area contributed by atoms with Gasteiger partial charge in [0, 0.05) is 6.54 Å². The first kappa shape index (κ1) is 14.0. The zero-order valence-corrected chi connectivity index (χ0v) is 11.1. The Bertz CT molecular complexity index is 397. The van der Waals surface area contributed by atoms with Crippen molar-refractivity contribution in [2.24, 2.45) is 0 Å². The van der Waals surface area contributed by atoms with Gasteiger partial charge in [0.25, 0.3) is 0 Å². The minimum Gasteiger partial charge on any atom is -0.354 e. The van der Waals surface area contributed by atoms with Crippen LogP contribution in [0.5, 0.6) is 0 Å². The molecule has 1 aromatic rings. The number of amides is 1. The molecule has 0 aliphatic carbocycles. The van der Waals surface area contributed by atoms with Gasteiger partial charge in [-0.25, -0.2) is 4.39 Å². The standard InChI is InChI=1S/C15H21FN2O/c16-13-7-5-12(6-8-13)9-11-18-15(19)14-4-2-1-3-10-17-14/h5-8,14,17H,1-4,9-11H2,(H,18,19). The van der Waals surface area contributed by atoms with Gasteiger partial charge in [0.05, 0.1) is 6.04 Å². The van der Waals surface area contributed by atoms with E-state index < -0.39 is 0 Å². The van der Waals surface area contributed by atoms with Gasteiger partial charge in [0.2, 0.25) is 5.91 Å². The molecule has 2 rings (SSSR count). The Morgan fingerprint density at radius 2 is 2.05 bits per heavy atom. The fraction of sp³-hybridized carbons (Fsp3) is 0.533. The maximum absolute atomic E-state index is 12.7.